The molecule has 1 aromatic carbocycles. The van der Waals surface area contributed by atoms with Crippen molar-refractivity contribution in [3.63, 3.8) is 0 Å². The molecular formula is C25H29N3O7. The molecule has 1 amide bonds. The van der Waals surface area contributed by atoms with E-state index in [2.05, 4.69) is 10.6 Å². The van der Waals surface area contributed by atoms with Gasteiger partial charge < -0.3 is 36.8 Å². The van der Waals surface area contributed by atoms with Gasteiger partial charge in [0.25, 0.3) is 5.91 Å². The van der Waals surface area contributed by atoms with Crippen LogP contribution in [0.25, 0.3) is 5.76 Å². The van der Waals surface area contributed by atoms with E-state index < -0.39 is 52.0 Å². The monoisotopic (exact) mass is 483 g/mol. The van der Waals surface area contributed by atoms with Gasteiger partial charge in [-0.25, -0.2) is 0 Å². The molecule has 2 fully saturated rings. The molecule has 0 bridgehead atoms. The first-order valence-electron chi connectivity index (χ1n) is 11.9. The third kappa shape index (κ3) is 3.55. The predicted octanol–water partition coefficient (Wildman–Crippen LogP) is 0.266. The van der Waals surface area contributed by atoms with Crippen molar-refractivity contribution in [2.75, 3.05) is 13.1 Å². The molecule has 0 unspecified atom stereocenters. The summed E-state index contributed by atoms with van der Waals surface area (Å²) in [5.41, 5.74) is 3.09. The number of phenolic OH excluding ortho intramolecular Hbond substituents is 1. The zero-order valence-electron chi connectivity index (χ0n) is 19.1. The highest BCUT2D eigenvalue weighted by Crippen LogP contribution is 2.52. The highest BCUT2D eigenvalue weighted by molar-refractivity contribution is 6.22. The Morgan fingerprint density at radius 2 is 1.86 bits per heavy atom. The minimum Gasteiger partial charge on any atom is -0.508 e. The molecule has 0 spiro atoms. The third-order valence-electron chi connectivity index (χ3n) is 7.94. The van der Waals surface area contributed by atoms with Crippen molar-refractivity contribution < 1.29 is 34.8 Å². The molecule has 3 aliphatic carbocycles. The number of hydrogen-bond acceptors (Lipinski definition) is 9. The van der Waals surface area contributed by atoms with E-state index in [1.807, 2.05) is 0 Å². The number of amides is 1. The van der Waals surface area contributed by atoms with Gasteiger partial charge in [0.05, 0.1) is 5.56 Å². The lowest BCUT2D eigenvalue weighted by Gasteiger charge is -2.46. The molecule has 35 heavy (non-hydrogen) atoms. The topological polar surface area (TPSA) is 182 Å². The van der Waals surface area contributed by atoms with Crippen molar-refractivity contribution in [3.8, 4) is 5.75 Å². The average molecular weight is 484 g/mol. The number of Topliss-reactive ketones (excluding diaryl/α,β-unsaturated/α-hetero) is 2. The second-order valence-corrected chi connectivity index (χ2v) is 9.92. The first-order chi connectivity index (χ1) is 16.6. The lowest BCUT2D eigenvalue weighted by Crippen LogP contribution is -2.58. The summed E-state index contributed by atoms with van der Waals surface area (Å²) < 4.78 is 0. The van der Waals surface area contributed by atoms with Crippen LogP contribution in [0.3, 0.4) is 0 Å². The quantitative estimate of drug-likeness (QED) is 0.296. The Bertz CT molecular complexity index is 1200. The number of primary amides is 1. The Morgan fingerprint density at radius 3 is 2.54 bits per heavy atom. The van der Waals surface area contributed by atoms with E-state index in [4.69, 9.17) is 5.73 Å². The minimum atomic E-state index is -2.54. The SMILES string of the molecule is NC(=O)C1=C(O)[C@@]2(O)C(=O)C3=C(O)c4c(ccc(CNC5CCNCC5)c4O)C[C@H]3C[C@H]2CC1=O. The Morgan fingerprint density at radius 1 is 1.14 bits per heavy atom. The summed E-state index contributed by atoms with van der Waals surface area (Å²) >= 11 is 0. The third-order valence-corrected chi connectivity index (χ3v) is 7.94. The van der Waals surface area contributed by atoms with Gasteiger partial charge in [-0.1, -0.05) is 12.1 Å². The Kier molecular flexibility index (Phi) is 5.70. The first-order valence-corrected chi connectivity index (χ1v) is 11.9. The molecule has 1 heterocycles. The number of aliphatic hydroxyl groups excluding tert-OH is 2. The van der Waals surface area contributed by atoms with Crippen molar-refractivity contribution in [1.82, 2.24) is 10.6 Å². The van der Waals surface area contributed by atoms with Crippen molar-refractivity contribution in [2.45, 2.75) is 50.3 Å². The lowest BCUT2D eigenvalue weighted by molar-refractivity contribution is -0.147. The first kappa shape index (κ1) is 23.5. The number of carbonyl (C=O) groups is 3. The standard InChI is InChI=1S/C25H29N3O7/c26-24(34)19-16(29)9-14-8-13-7-11-1-2-12(10-28-15-3-5-27-6-4-15)20(30)17(11)21(31)18(13)22(32)25(14,35)23(19)33/h1-2,13-15,27-28,30-31,33,35H,3-10H2,(H2,26,34)/t13-,14-,25-/m0/s1. The molecule has 10 nitrogen and oxygen atoms in total. The molecule has 3 atom stereocenters. The van der Waals surface area contributed by atoms with Crippen LogP contribution in [0.4, 0.5) is 0 Å². The number of aromatic hydroxyl groups is 1. The highest BCUT2D eigenvalue weighted by atomic mass is 16.3. The van der Waals surface area contributed by atoms with Gasteiger partial charge in [-0.05, 0) is 50.3 Å². The van der Waals surface area contributed by atoms with Crippen LogP contribution < -0.4 is 16.4 Å². The Balaban J connectivity index is 1.53. The normalized spacial score (nSPS) is 29.1. The van der Waals surface area contributed by atoms with Crippen LogP contribution in [-0.4, -0.2) is 62.6 Å². The van der Waals surface area contributed by atoms with Gasteiger partial charge in [0.2, 0.25) is 5.78 Å². The maximum absolute atomic E-state index is 13.5. The van der Waals surface area contributed by atoms with Gasteiger partial charge >= 0.3 is 0 Å². The number of phenols is 1. The second kappa shape index (κ2) is 8.47. The molecule has 8 N–H and O–H groups in total. The fourth-order valence-corrected chi connectivity index (χ4v) is 6.06. The number of nitrogens with two attached hydrogens (primary N) is 1. The summed E-state index contributed by atoms with van der Waals surface area (Å²) in [6.07, 6.45) is 2.04. The van der Waals surface area contributed by atoms with Crippen LogP contribution in [0.15, 0.2) is 29.0 Å². The van der Waals surface area contributed by atoms with Crippen molar-refractivity contribution in [1.29, 1.82) is 0 Å². The number of fused-ring (bicyclic) bond motifs is 3. The van der Waals surface area contributed by atoms with Gasteiger partial charge in [-0.15, -0.1) is 0 Å². The number of piperidine rings is 1. The molecule has 1 saturated carbocycles. The van der Waals surface area contributed by atoms with Gasteiger partial charge in [-0.3, -0.25) is 14.4 Å². The molecule has 0 radical (unpaired) electrons. The van der Waals surface area contributed by atoms with E-state index in [0.717, 1.165) is 25.9 Å². The number of rotatable bonds is 4. The van der Waals surface area contributed by atoms with E-state index in [0.29, 0.717) is 30.1 Å². The van der Waals surface area contributed by atoms with E-state index >= 15 is 0 Å². The molecule has 1 aromatic rings. The molecule has 5 rings (SSSR count). The van der Waals surface area contributed by atoms with Crippen LogP contribution in [0, 0.1) is 11.8 Å². The van der Waals surface area contributed by atoms with Crippen LogP contribution in [-0.2, 0) is 27.3 Å². The molecule has 1 aliphatic heterocycles. The summed E-state index contributed by atoms with van der Waals surface area (Å²) in [5, 5.41) is 50.8. The summed E-state index contributed by atoms with van der Waals surface area (Å²) in [6, 6.07) is 3.90. The average Bonchev–Trinajstić information content (AvgIpc) is 2.81. The maximum Gasteiger partial charge on any atom is 0.255 e. The van der Waals surface area contributed by atoms with Gasteiger partial charge in [0.1, 0.15) is 22.8 Å². The van der Waals surface area contributed by atoms with Crippen LogP contribution in [0.5, 0.6) is 5.75 Å². The highest BCUT2D eigenvalue weighted by Gasteiger charge is 2.60. The fraction of sp³-hybridized carbons (Fsp3) is 0.480. The van der Waals surface area contributed by atoms with E-state index in [9.17, 15) is 34.8 Å². The summed E-state index contributed by atoms with van der Waals surface area (Å²) in [6.45, 7) is 2.21. The van der Waals surface area contributed by atoms with Gasteiger partial charge in [0, 0.05) is 36.1 Å². The minimum absolute atomic E-state index is 0.125. The lowest BCUT2D eigenvalue weighted by atomic mass is 9.59. The number of benzene rings is 1. The summed E-state index contributed by atoms with van der Waals surface area (Å²) in [4.78, 5) is 37.6. The predicted molar refractivity (Wildman–Crippen MR) is 124 cm³/mol. The summed E-state index contributed by atoms with van der Waals surface area (Å²) in [7, 11) is 0. The van der Waals surface area contributed by atoms with Crippen LogP contribution in [0.1, 0.15) is 42.4 Å². The molecule has 0 aromatic heterocycles. The fourth-order valence-electron chi connectivity index (χ4n) is 6.06. The number of carbonyl (C=O) groups excluding carboxylic acids is 3. The molecule has 4 aliphatic rings. The molecular weight excluding hydrogens is 454 g/mol. The van der Waals surface area contributed by atoms with Crippen LogP contribution in [0.2, 0.25) is 0 Å². The number of ketones is 2. The Labute approximate surface area is 201 Å². The number of hydrogen-bond donors (Lipinski definition) is 7. The number of nitrogens with one attached hydrogen (secondary N) is 2. The summed E-state index contributed by atoms with van der Waals surface area (Å²) in [5.74, 6) is -6.10. The molecule has 10 heteroatoms. The van der Waals surface area contributed by atoms with E-state index in [-0.39, 0.29) is 29.7 Å². The largest absolute Gasteiger partial charge is 0.508 e. The zero-order valence-corrected chi connectivity index (χ0v) is 19.1. The van der Waals surface area contributed by atoms with Crippen LogP contribution >= 0.6 is 0 Å². The Hall–Kier alpha value is -3.21. The molecule has 1 saturated heterocycles. The van der Waals surface area contributed by atoms with Gasteiger partial charge in [0.15, 0.2) is 11.4 Å². The van der Waals surface area contributed by atoms with E-state index in [1.165, 1.54) is 0 Å². The maximum atomic E-state index is 13.5. The second-order valence-electron chi connectivity index (χ2n) is 9.92. The van der Waals surface area contributed by atoms with Crippen molar-refractivity contribution in [2.24, 2.45) is 17.6 Å². The zero-order chi connectivity index (χ0) is 25.1. The van der Waals surface area contributed by atoms with Crippen molar-refractivity contribution in [3.05, 3.63) is 45.7 Å². The van der Waals surface area contributed by atoms with E-state index in [1.54, 1.807) is 12.1 Å². The smallest absolute Gasteiger partial charge is 0.255 e. The molecule has 186 valence electrons. The van der Waals surface area contributed by atoms with Crippen molar-refractivity contribution >= 4 is 23.2 Å². The number of aliphatic hydroxyl groups is 3. The van der Waals surface area contributed by atoms with Gasteiger partial charge in [-0.2, -0.15) is 0 Å².